The van der Waals surface area contributed by atoms with Crippen LogP contribution in [0.25, 0.3) is 0 Å². The van der Waals surface area contributed by atoms with Crippen molar-refractivity contribution in [2.24, 2.45) is 5.92 Å². The highest BCUT2D eigenvalue weighted by molar-refractivity contribution is 6.17. The zero-order valence-corrected chi connectivity index (χ0v) is 9.51. The Balaban J connectivity index is 1.80. The molecule has 0 aromatic rings. The Bertz CT molecular complexity index is 169. The predicted octanol–water partition coefficient (Wildman–Crippen LogP) is 2.12. The Morgan fingerprint density at radius 3 is 3.00 bits per heavy atom. The summed E-state index contributed by atoms with van der Waals surface area (Å²) in [4.78, 5) is 2.62. The first-order chi connectivity index (χ1) is 6.90. The Labute approximate surface area is 91.6 Å². The molecule has 0 aromatic carbocycles. The molecule has 2 saturated heterocycles. The van der Waals surface area contributed by atoms with Crippen molar-refractivity contribution in [1.29, 1.82) is 0 Å². The van der Waals surface area contributed by atoms with E-state index in [1.165, 1.54) is 38.8 Å². The van der Waals surface area contributed by atoms with Crippen molar-refractivity contribution >= 4 is 11.6 Å². The highest BCUT2D eigenvalue weighted by Crippen LogP contribution is 2.24. The van der Waals surface area contributed by atoms with Crippen LogP contribution in [0.15, 0.2) is 0 Å². The van der Waals surface area contributed by atoms with Crippen LogP contribution in [-0.2, 0) is 4.74 Å². The molecule has 0 aliphatic carbocycles. The van der Waals surface area contributed by atoms with Crippen molar-refractivity contribution in [3.05, 3.63) is 0 Å². The Kier molecular flexibility index (Phi) is 4.09. The average Bonchev–Trinajstić information content (AvgIpc) is 2.71. The molecule has 14 heavy (non-hydrogen) atoms. The summed E-state index contributed by atoms with van der Waals surface area (Å²) in [7, 11) is 0. The number of likely N-dealkylation sites (tertiary alicyclic amines) is 1. The largest absolute Gasteiger partial charge is 0.380 e. The van der Waals surface area contributed by atoms with E-state index >= 15 is 0 Å². The van der Waals surface area contributed by atoms with E-state index in [1.807, 2.05) is 0 Å². The van der Waals surface area contributed by atoms with E-state index < -0.39 is 0 Å². The maximum Gasteiger partial charge on any atom is 0.0622 e. The maximum atomic E-state index is 5.80. The molecular formula is C11H20ClNO. The number of alkyl halides is 1. The Hall–Kier alpha value is 0.210. The molecule has 0 aromatic heterocycles. The van der Waals surface area contributed by atoms with Crippen LogP contribution in [0.1, 0.15) is 25.7 Å². The van der Waals surface area contributed by atoms with E-state index in [1.54, 1.807) is 0 Å². The SMILES string of the molecule is ClCCC1CCCN(C2CCOC2)C1. The molecule has 2 nitrogen and oxygen atoms in total. The highest BCUT2D eigenvalue weighted by Gasteiger charge is 2.27. The van der Waals surface area contributed by atoms with Gasteiger partial charge in [0, 0.05) is 25.1 Å². The van der Waals surface area contributed by atoms with Crippen molar-refractivity contribution in [2.45, 2.75) is 31.7 Å². The Morgan fingerprint density at radius 2 is 2.29 bits per heavy atom. The first kappa shape index (κ1) is 10.7. The third-order valence-corrected chi connectivity index (χ3v) is 3.71. The number of piperidine rings is 1. The van der Waals surface area contributed by atoms with Crippen LogP contribution in [0.4, 0.5) is 0 Å². The van der Waals surface area contributed by atoms with Gasteiger partial charge in [0.25, 0.3) is 0 Å². The topological polar surface area (TPSA) is 12.5 Å². The molecule has 2 heterocycles. The second-order valence-electron chi connectivity index (χ2n) is 4.50. The molecule has 0 spiro atoms. The van der Waals surface area contributed by atoms with E-state index in [0.29, 0.717) is 6.04 Å². The molecule has 0 amide bonds. The molecule has 0 radical (unpaired) electrons. The van der Waals surface area contributed by atoms with Gasteiger partial charge in [0.05, 0.1) is 6.61 Å². The molecule has 2 aliphatic rings. The lowest BCUT2D eigenvalue weighted by Crippen LogP contribution is -2.43. The van der Waals surface area contributed by atoms with E-state index in [-0.39, 0.29) is 0 Å². The molecular weight excluding hydrogens is 198 g/mol. The summed E-state index contributed by atoms with van der Waals surface area (Å²) in [6, 6.07) is 0.702. The molecule has 2 unspecified atom stereocenters. The van der Waals surface area contributed by atoms with Crippen LogP contribution in [0, 0.1) is 5.92 Å². The minimum absolute atomic E-state index is 0.702. The molecule has 0 saturated carbocycles. The number of ether oxygens (including phenoxy) is 1. The van der Waals surface area contributed by atoms with Crippen molar-refractivity contribution in [3.8, 4) is 0 Å². The highest BCUT2D eigenvalue weighted by atomic mass is 35.5. The van der Waals surface area contributed by atoms with Crippen LogP contribution in [0.2, 0.25) is 0 Å². The van der Waals surface area contributed by atoms with Gasteiger partial charge in [-0.05, 0) is 38.1 Å². The number of nitrogens with zero attached hydrogens (tertiary/aromatic N) is 1. The zero-order valence-electron chi connectivity index (χ0n) is 8.75. The van der Waals surface area contributed by atoms with Crippen molar-refractivity contribution in [2.75, 3.05) is 32.2 Å². The minimum atomic E-state index is 0.702. The van der Waals surface area contributed by atoms with Crippen LogP contribution in [0.5, 0.6) is 0 Å². The third-order valence-electron chi connectivity index (χ3n) is 3.49. The lowest BCUT2D eigenvalue weighted by Gasteiger charge is -2.36. The van der Waals surface area contributed by atoms with E-state index in [2.05, 4.69) is 4.90 Å². The first-order valence-electron chi connectivity index (χ1n) is 5.78. The summed E-state index contributed by atoms with van der Waals surface area (Å²) in [6.45, 7) is 4.43. The summed E-state index contributed by atoms with van der Waals surface area (Å²) in [5, 5.41) is 0. The van der Waals surface area contributed by atoms with Crippen LogP contribution in [-0.4, -0.2) is 43.1 Å². The number of halogens is 1. The number of hydrogen-bond donors (Lipinski definition) is 0. The van der Waals surface area contributed by atoms with E-state index in [0.717, 1.165) is 25.0 Å². The molecule has 2 atom stereocenters. The molecule has 2 rings (SSSR count). The summed E-state index contributed by atoms with van der Waals surface area (Å²) < 4.78 is 5.44. The maximum absolute atomic E-state index is 5.80. The van der Waals surface area contributed by atoms with Crippen LogP contribution in [0.3, 0.4) is 0 Å². The Morgan fingerprint density at radius 1 is 1.36 bits per heavy atom. The fourth-order valence-electron chi connectivity index (χ4n) is 2.63. The molecule has 3 heteroatoms. The summed E-state index contributed by atoms with van der Waals surface area (Å²) in [5.41, 5.74) is 0. The lowest BCUT2D eigenvalue weighted by molar-refractivity contribution is 0.102. The van der Waals surface area contributed by atoms with Crippen LogP contribution >= 0.6 is 11.6 Å². The minimum Gasteiger partial charge on any atom is -0.380 e. The van der Waals surface area contributed by atoms with Gasteiger partial charge in [0.15, 0.2) is 0 Å². The number of hydrogen-bond acceptors (Lipinski definition) is 2. The first-order valence-corrected chi connectivity index (χ1v) is 6.31. The molecule has 82 valence electrons. The van der Waals surface area contributed by atoms with Crippen molar-refractivity contribution in [3.63, 3.8) is 0 Å². The van der Waals surface area contributed by atoms with Gasteiger partial charge in [0.1, 0.15) is 0 Å². The standard InChI is InChI=1S/C11H20ClNO/c12-5-3-10-2-1-6-13(8-10)11-4-7-14-9-11/h10-11H,1-9H2. The summed E-state index contributed by atoms with van der Waals surface area (Å²) in [6.07, 6.45) is 5.13. The van der Waals surface area contributed by atoms with Crippen molar-refractivity contribution in [1.82, 2.24) is 4.90 Å². The molecule has 2 aliphatic heterocycles. The zero-order chi connectivity index (χ0) is 9.80. The van der Waals surface area contributed by atoms with Gasteiger partial charge in [-0.1, -0.05) is 0 Å². The summed E-state index contributed by atoms with van der Waals surface area (Å²) >= 11 is 5.80. The van der Waals surface area contributed by atoms with Gasteiger partial charge in [-0.3, -0.25) is 4.90 Å². The van der Waals surface area contributed by atoms with Gasteiger partial charge in [-0.15, -0.1) is 11.6 Å². The van der Waals surface area contributed by atoms with Crippen molar-refractivity contribution < 1.29 is 4.74 Å². The normalized spacial score (nSPS) is 34.9. The van der Waals surface area contributed by atoms with Crippen LogP contribution < -0.4 is 0 Å². The number of rotatable bonds is 3. The fourth-order valence-corrected chi connectivity index (χ4v) is 2.94. The van der Waals surface area contributed by atoms with Gasteiger partial charge in [0.2, 0.25) is 0 Å². The monoisotopic (exact) mass is 217 g/mol. The predicted molar refractivity (Wildman–Crippen MR) is 58.9 cm³/mol. The molecule has 2 fully saturated rings. The van der Waals surface area contributed by atoms with E-state index in [9.17, 15) is 0 Å². The van der Waals surface area contributed by atoms with Gasteiger partial charge in [-0.2, -0.15) is 0 Å². The van der Waals surface area contributed by atoms with Gasteiger partial charge < -0.3 is 4.74 Å². The average molecular weight is 218 g/mol. The molecule has 0 N–H and O–H groups in total. The van der Waals surface area contributed by atoms with Gasteiger partial charge >= 0.3 is 0 Å². The smallest absolute Gasteiger partial charge is 0.0622 e. The fraction of sp³-hybridized carbons (Fsp3) is 1.00. The van der Waals surface area contributed by atoms with E-state index in [4.69, 9.17) is 16.3 Å². The lowest BCUT2D eigenvalue weighted by atomic mass is 9.94. The molecule has 0 bridgehead atoms. The second-order valence-corrected chi connectivity index (χ2v) is 4.88. The third kappa shape index (κ3) is 2.62. The quantitative estimate of drug-likeness (QED) is 0.672. The second kappa shape index (κ2) is 5.34. The summed E-state index contributed by atoms with van der Waals surface area (Å²) in [5.74, 6) is 1.65. The van der Waals surface area contributed by atoms with Gasteiger partial charge in [-0.25, -0.2) is 0 Å².